The molecule has 0 aromatic heterocycles. The molecule has 0 aromatic carbocycles. The van der Waals surface area contributed by atoms with Gasteiger partial charge in [-0.05, 0) is 20.8 Å². The second-order valence-corrected chi connectivity index (χ2v) is 5.68. The summed E-state index contributed by atoms with van der Waals surface area (Å²) in [6, 6.07) is 0. The van der Waals surface area contributed by atoms with E-state index in [9.17, 15) is 9.18 Å². The van der Waals surface area contributed by atoms with Crippen LogP contribution in [-0.2, 0) is 9.47 Å². The fourth-order valence-corrected chi connectivity index (χ4v) is 2.06. The molecule has 1 spiro atoms. The molecule has 2 rings (SSSR count). The van der Waals surface area contributed by atoms with Gasteiger partial charge in [-0.1, -0.05) is 0 Å². The van der Waals surface area contributed by atoms with Crippen molar-refractivity contribution in [3.05, 3.63) is 0 Å². The number of nitrogens with one attached hydrogen (secondary N) is 1. The van der Waals surface area contributed by atoms with Gasteiger partial charge in [0.05, 0.1) is 19.6 Å². The summed E-state index contributed by atoms with van der Waals surface area (Å²) < 4.78 is 23.5. The van der Waals surface area contributed by atoms with E-state index in [1.165, 1.54) is 4.90 Å². The van der Waals surface area contributed by atoms with E-state index in [1.54, 1.807) is 0 Å². The number of hydrogen-bond acceptors (Lipinski definition) is 4. The van der Waals surface area contributed by atoms with Crippen LogP contribution in [0.25, 0.3) is 0 Å². The lowest BCUT2D eigenvalue weighted by Gasteiger charge is -2.51. The first-order chi connectivity index (χ1) is 7.80. The molecule has 1 amide bonds. The largest absolute Gasteiger partial charge is 0.444 e. The summed E-state index contributed by atoms with van der Waals surface area (Å²) in [5.41, 5.74) is -1.07. The summed E-state index contributed by atoms with van der Waals surface area (Å²) in [4.78, 5) is 13.2. The topological polar surface area (TPSA) is 50.8 Å². The van der Waals surface area contributed by atoms with Crippen molar-refractivity contribution >= 4 is 6.09 Å². The van der Waals surface area contributed by atoms with Crippen LogP contribution in [0.4, 0.5) is 9.18 Å². The van der Waals surface area contributed by atoms with Crippen LogP contribution >= 0.6 is 0 Å². The molecule has 1 N–H and O–H groups in total. The number of halogens is 1. The molecule has 98 valence electrons. The second-order valence-electron chi connectivity index (χ2n) is 5.68. The molecule has 2 aliphatic rings. The highest BCUT2D eigenvalue weighted by Crippen LogP contribution is 2.29. The summed E-state index contributed by atoms with van der Waals surface area (Å²) in [6.07, 6.45) is -1.66. The van der Waals surface area contributed by atoms with Crippen LogP contribution in [0.2, 0.25) is 0 Å². The Kier molecular flexibility index (Phi) is 3.03. The lowest BCUT2D eigenvalue weighted by Crippen LogP contribution is -2.72. The molecule has 2 fully saturated rings. The first-order valence-corrected chi connectivity index (χ1v) is 5.80. The Hall–Kier alpha value is -0.880. The zero-order valence-electron chi connectivity index (χ0n) is 10.5. The monoisotopic (exact) mass is 246 g/mol. The molecule has 2 aliphatic heterocycles. The molecule has 0 bridgehead atoms. The van der Waals surface area contributed by atoms with Crippen LogP contribution in [-0.4, -0.2) is 54.7 Å². The van der Waals surface area contributed by atoms with Crippen LogP contribution in [0.1, 0.15) is 20.8 Å². The maximum Gasteiger partial charge on any atom is 0.410 e. The summed E-state index contributed by atoms with van der Waals surface area (Å²) in [6.45, 7) is 7.01. The molecule has 17 heavy (non-hydrogen) atoms. The number of ether oxygens (including phenoxy) is 2. The fraction of sp³-hybridized carbons (Fsp3) is 0.909. The minimum atomic E-state index is -1.29. The number of amides is 1. The number of carbonyl (C=O) groups excluding carboxylic acids is 1. The molecule has 6 heteroatoms. The second kappa shape index (κ2) is 4.10. The highest BCUT2D eigenvalue weighted by Gasteiger charge is 2.50. The highest BCUT2D eigenvalue weighted by molar-refractivity contribution is 5.69. The van der Waals surface area contributed by atoms with Gasteiger partial charge in [0.25, 0.3) is 0 Å². The van der Waals surface area contributed by atoms with E-state index in [-0.39, 0.29) is 12.6 Å². The Morgan fingerprint density at radius 1 is 1.53 bits per heavy atom. The number of nitrogens with zero attached hydrogens (tertiary/aromatic N) is 1. The van der Waals surface area contributed by atoms with E-state index >= 15 is 0 Å². The molecule has 5 nitrogen and oxygen atoms in total. The Balaban J connectivity index is 1.83. The predicted molar refractivity (Wildman–Crippen MR) is 59.4 cm³/mol. The number of morpholine rings is 1. The minimum Gasteiger partial charge on any atom is -0.444 e. The first-order valence-electron chi connectivity index (χ1n) is 5.80. The van der Waals surface area contributed by atoms with Gasteiger partial charge in [0, 0.05) is 6.54 Å². The van der Waals surface area contributed by atoms with Crippen molar-refractivity contribution in [2.24, 2.45) is 0 Å². The van der Waals surface area contributed by atoms with Gasteiger partial charge in [-0.15, -0.1) is 0 Å². The van der Waals surface area contributed by atoms with Crippen molar-refractivity contribution in [3.63, 3.8) is 0 Å². The Morgan fingerprint density at radius 3 is 2.71 bits per heavy atom. The van der Waals surface area contributed by atoms with Gasteiger partial charge in [-0.2, -0.15) is 0 Å². The molecule has 0 saturated carbocycles. The molecule has 2 saturated heterocycles. The molecule has 1 atom stereocenters. The smallest absolute Gasteiger partial charge is 0.410 e. The quantitative estimate of drug-likeness (QED) is 0.689. The van der Waals surface area contributed by atoms with Gasteiger partial charge in [0.1, 0.15) is 11.2 Å². The third kappa shape index (κ3) is 2.87. The van der Waals surface area contributed by atoms with E-state index in [0.29, 0.717) is 19.6 Å². The zero-order valence-corrected chi connectivity index (χ0v) is 10.5. The van der Waals surface area contributed by atoms with Crippen LogP contribution in [0.5, 0.6) is 0 Å². The third-order valence-corrected chi connectivity index (χ3v) is 2.74. The zero-order chi connectivity index (χ0) is 12.7. The molecule has 0 aliphatic carbocycles. The van der Waals surface area contributed by atoms with Gasteiger partial charge < -0.3 is 19.7 Å². The fourth-order valence-electron chi connectivity index (χ4n) is 2.06. The van der Waals surface area contributed by atoms with E-state index in [4.69, 9.17) is 9.47 Å². The number of alkyl halides is 1. The average Bonchev–Trinajstić information content (AvgIpc) is 2.10. The van der Waals surface area contributed by atoms with Gasteiger partial charge in [0.15, 0.2) is 0 Å². The minimum absolute atomic E-state index is 0.216. The van der Waals surface area contributed by atoms with Crippen molar-refractivity contribution in [1.29, 1.82) is 0 Å². The molecular weight excluding hydrogens is 227 g/mol. The summed E-state index contributed by atoms with van der Waals surface area (Å²) >= 11 is 0. The van der Waals surface area contributed by atoms with E-state index in [2.05, 4.69) is 5.32 Å². The maximum absolute atomic E-state index is 13.1. The first kappa shape index (κ1) is 12.6. The van der Waals surface area contributed by atoms with E-state index in [0.717, 1.165) is 0 Å². The van der Waals surface area contributed by atoms with E-state index < -0.39 is 17.6 Å². The van der Waals surface area contributed by atoms with E-state index in [1.807, 2.05) is 20.8 Å². The highest BCUT2D eigenvalue weighted by atomic mass is 19.1. The molecule has 0 radical (unpaired) electrons. The number of carbonyl (C=O) groups is 1. The SMILES string of the molecule is CC(C)(C)OC(=O)N1CC2(CNC[C@@H](F)O2)C1. The predicted octanol–water partition coefficient (Wildman–Crippen LogP) is 0.891. The summed E-state index contributed by atoms with van der Waals surface area (Å²) in [5.74, 6) is 0. The summed E-state index contributed by atoms with van der Waals surface area (Å²) in [5, 5.41) is 2.96. The molecule has 2 heterocycles. The third-order valence-electron chi connectivity index (χ3n) is 2.74. The average molecular weight is 246 g/mol. The van der Waals surface area contributed by atoms with Crippen molar-refractivity contribution < 1.29 is 18.7 Å². The van der Waals surface area contributed by atoms with Crippen LogP contribution < -0.4 is 5.32 Å². The van der Waals surface area contributed by atoms with Crippen LogP contribution in [0, 0.1) is 0 Å². The van der Waals surface area contributed by atoms with Gasteiger partial charge >= 0.3 is 6.09 Å². The Labute approximate surface area is 100 Å². The van der Waals surface area contributed by atoms with Gasteiger partial charge in [-0.25, -0.2) is 9.18 Å². The number of hydrogen-bond donors (Lipinski definition) is 1. The van der Waals surface area contributed by atoms with Crippen LogP contribution in [0.15, 0.2) is 0 Å². The van der Waals surface area contributed by atoms with Crippen LogP contribution in [0.3, 0.4) is 0 Å². The van der Waals surface area contributed by atoms with Crippen molar-refractivity contribution in [2.75, 3.05) is 26.2 Å². The lowest BCUT2D eigenvalue weighted by atomic mass is 9.93. The van der Waals surface area contributed by atoms with Crippen molar-refractivity contribution in [2.45, 2.75) is 38.3 Å². The maximum atomic E-state index is 13.1. The Morgan fingerprint density at radius 2 is 2.18 bits per heavy atom. The normalized spacial score (nSPS) is 27.8. The molecular formula is C11H19FN2O3. The number of rotatable bonds is 0. The molecule has 0 aromatic rings. The molecule has 0 unspecified atom stereocenters. The Bertz CT molecular complexity index is 310. The lowest BCUT2D eigenvalue weighted by molar-refractivity contribution is -0.217. The van der Waals surface area contributed by atoms with Crippen molar-refractivity contribution in [1.82, 2.24) is 10.2 Å². The number of likely N-dealkylation sites (tertiary alicyclic amines) is 1. The summed E-state index contributed by atoms with van der Waals surface area (Å²) in [7, 11) is 0. The van der Waals surface area contributed by atoms with Crippen molar-refractivity contribution in [3.8, 4) is 0 Å². The van der Waals surface area contributed by atoms with Gasteiger partial charge in [0.2, 0.25) is 6.36 Å². The van der Waals surface area contributed by atoms with Gasteiger partial charge in [-0.3, -0.25) is 0 Å². The standard InChI is InChI=1S/C11H19FN2O3/c1-10(2,3)17-9(15)14-6-11(7-14)5-13-4-8(12)16-11/h8,13H,4-7H2,1-3H3/t8-/m0/s1.